The maximum atomic E-state index is 2.33. The molecule has 0 saturated carbocycles. The molecule has 0 radical (unpaired) electrons. The van der Waals surface area contributed by atoms with Gasteiger partial charge in [-0.25, -0.2) is 0 Å². The van der Waals surface area contributed by atoms with Crippen LogP contribution in [0.5, 0.6) is 0 Å². The Hall–Kier alpha value is -0.520. The van der Waals surface area contributed by atoms with Gasteiger partial charge in [-0.3, -0.25) is 0 Å². The second-order valence-electron chi connectivity index (χ2n) is 3.22. The lowest BCUT2D eigenvalue weighted by atomic mass is 10.1. The Morgan fingerprint density at radius 2 is 2.09 bits per heavy atom. The van der Waals surface area contributed by atoms with Crippen LogP contribution in [0.3, 0.4) is 0 Å². The van der Waals surface area contributed by atoms with Gasteiger partial charge in [0, 0.05) is 0 Å². The third-order valence-electron chi connectivity index (χ3n) is 2.32. The van der Waals surface area contributed by atoms with Crippen molar-refractivity contribution in [2.45, 2.75) is 45.4 Å². The van der Waals surface area contributed by atoms with Crippen molar-refractivity contribution in [3.63, 3.8) is 0 Å². The van der Waals surface area contributed by atoms with Crippen molar-refractivity contribution < 1.29 is 0 Å². The summed E-state index contributed by atoms with van der Waals surface area (Å²) in [6.07, 6.45) is 14.9. The fraction of sp³-hybridized carbons (Fsp3) is 0.636. The first-order valence-corrected chi connectivity index (χ1v) is 4.72. The Balaban J connectivity index is 2.42. The summed E-state index contributed by atoms with van der Waals surface area (Å²) in [5, 5.41) is 0. The van der Waals surface area contributed by atoms with Crippen molar-refractivity contribution in [2.75, 3.05) is 0 Å². The predicted octanol–water partition coefficient (Wildman–Crippen LogP) is 3.84. The van der Waals surface area contributed by atoms with Crippen LogP contribution in [0.4, 0.5) is 0 Å². The molecule has 62 valence electrons. The lowest BCUT2D eigenvalue weighted by molar-refractivity contribution is 0.686. The number of rotatable bonds is 0. The molecule has 1 aliphatic rings. The molecule has 1 rings (SSSR count). The Kier molecular flexibility index (Phi) is 4.03. The van der Waals surface area contributed by atoms with Gasteiger partial charge in [0.25, 0.3) is 0 Å². The van der Waals surface area contributed by atoms with Crippen molar-refractivity contribution in [3.05, 3.63) is 23.8 Å². The number of hydrogen-bond acceptors (Lipinski definition) is 0. The monoisotopic (exact) mass is 150 g/mol. The summed E-state index contributed by atoms with van der Waals surface area (Å²) in [5.41, 5.74) is 1.61. The van der Waals surface area contributed by atoms with Gasteiger partial charge in [-0.2, -0.15) is 0 Å². The molecule has 0 fully saturated rings. The molecular weight excluding hydrogens is 132 g/mol. The highest BCUT2D eigenvalue weighted by Gasteiger charge is 1.96. The molecule has 0 aromatic carbocycles. The third-order valence-corrected chi connectivity index (χ3v) is 2.32. The highest BCUT2D eigenvalue weighted by Crippen LogP contribution is 2.16. The quantitative estimate of drug-likeness (QED) is 0.460. The molecule has 1 aliphatic carbocycles. The standard InChI is InChI=1S/C11H18/c1-2-11-9-7-5-3-4-6-8-10-11/h2,5,7H,3-4,6,8-10H2,1H3. The average molecular weight is 150 g/mol. The zero-order valence-electron chi connectivity index (χ0n) is 7.47. The highest BCUT2D eigenvalue weighted by atomic mass is 14.0. The summed E-state index contributed by atoms with van der Waals surface area (Å²) >= 11 is 0. The molecule has 0 N–H and O–H groups in total. The zero-order valence-corrected chi connectivity index (χ0v) is 7.47. The molecule has 0 aliphatic heterocycles. The van der Waals surface area contributed by atoms with Gasteiger partial charge in [0.05, 0.1) is 0 Å². The SMILES string of the molecule is CC=C1CC=CCCCCC1. The van der Waals surface area contributed by atoms with E-state index < -0.39 is 0 Å². The third kappa shape index (κ3) is 3.41. The molecule has 0 heterocycles. The molecule has 0 spiro atoms. The number of hydrogen-bond donors (Lipinski definition) is 0. The second kappa shape index (κ2) is 5.17. The molecule has 0 aromatic rings. The van der Waals surface area contributed by atoms with E-state index in [1.165, 1.54) is 38.5 Å². The van der Waals surface area contributed by atoms with E-state index >= 15 is 0 Å². The van der Waals surface area contributed by atoms with Crippen molar-refractivity contribution in [1.29, 1.82) is 0 Å². The van der Waals surface area contributed by atoms with Crippen LogP contribution in [0.15, 0.2) is 23.8 Å². The topological polar surface area (TPSA) is 0 Å². The summed E-state index contributed by atoms with van der Waals surface area (Å²) in [6, 6.07) is 0. The highest BCUT2D eigenvalue weighted by molar-refractivity contribution is 5.06. The van der Waals surface area contributed by atoms with Crippen molar-refractivity contribution in [1.82, 2.24) is 0 Å². The Bertz CT molecular complexity index is 151. The van der Waals surface area contributed by atoms with Crippen molar-refractivity contribution in [3.8, 4) is 0 Å². The minimum atomic E-state index is 1.19. The van der Waals surface area contributed by atoms with E-state index in [4.69, 9.17) is 0 Å². The summed E-state index contributed by atoms with van der Waals surface area (Å²) in [7, 11) is 0. The van der Waals surface area contributed by atoms with E-state index in [9.17, 15) is 0 Å². The van der Waals surface area contributed by atoms with Gasteiger partial charge in [0.15, 0.2) is 0 Å². The summed E-state index contributed by atoms with van der Waals surface area (Å²) < 4.78 is 0. The lowest BCUT2D eigenvalue weighted by Crippen LogP contribution is -1.81. The Morgan fingerprint density at radius 1 is 1.18 bits per heavy atom. The molecule has 0 aromatic heterocycles. The van der Waals surface area contributed by atoms with Crippen LogP contribution in [0.25, 0.3) is 0 Å². The molecule has 11 heavy (non-hydrogen) atoms. The molecule has 0 bridgehead atoms. The first kappa shape index (κ1) is 8.58. The van der Waals surface area contributed by atoms with Gasteiger partial charge in [-0.05, 0) is 39.0 Å². The van der Waals surface area contributed by atoms with E-state index in [0.29, 0.717) is 0 Å². The molecule has 0 unspecified atom stereocenters. The maximum Gasteiger partial charge on any atom is -0.0139 e. The van der Waals surface area contributed by atoms with Crippen LogP contribution in [0, 0.1) is 0 Å². The molecule has 0 heteroatoms. The van der Waals surface area contributed by atoms with Crippen LogP contribution in [-0.4, -0.2) is 0 Å². The van der Waals surface area contributed by atoms with Crippen LogP contribution in [-0.2, 0) is 0 Å². The molecular formula is C11H18. The first-order valence-electron chi connectivity index (χ1n) is 4.72. The average Bonchev–Trinajstić information content (AvgIpc) is 2.16. The van der Waals surface area contributed by atoms with E-state index in [1.54, 1.807) is 5.57 Å². The smallest absolute Gasteiger partial charge is 0.0139 e. The van der Waals surface area contributed by atoms with Crippen molar-refractivity contribution in [2.24, 2.45) is 0 Å². The second-order valence-corrected chi connectivity index (χ2v) is 3.22. The Labute approximate surface area is 70.0 Å². The maximum absolute atomic E-state index is 2.33. The van der Waals surface area contributed by atoms with Gasteiger partial charge < -0.3 is 0 Å². The fourth-order valence-corrected chi connectivity index (χ4v) is 1.51. The van der Waals surface area contributed by atoms with E-state index in [-0.39, 0.29) is 0 Å². The lowest BCUT2D eigenvalue weighted by Gasteiger charge is -2.00. The van der Waals surface area contributed by atoms with E-state index in [2.05, 4.69) is 25.2 Å². The largest absolute Gasteiger partial charge is 0.0882 e. The number of allylic oxidation sites excluding steroid dienone is 4. The minimum absolute atomic E-state index is 1.19. The minimum Gasteiger partial charge on any atom is -0.0882 e. The first-order chi connectivity index (χ1) is 5.43. The molecule has 0 atom stereocenters. The van der Waals surface area contributed by atoms with Crippen LogP contribution < -0.4 is 0 Å². The van der Waals surface area contributed by atoms with Gasteiger partial charge >= 0.3 is 0 Å². The van der Waals surface area contributed by atoms with Gasteiger partial charge in [-0.15, -0.1) is 0 Å². The summed E-state index contributed by atoms with van der Waals surface area (Å²) in [4.78, 5) is 0. The van der Waals surface area contributed by atoms with Crippen LogP contribution in [0.1, 0.15) is 45.4 Å². The summed E-state index contributed by atoms with van der Waals surface area (Å²) in [5.74, 6) is 0. The fourth-order valence-electron chi connectivity index (χ4n) is 1.51. The molecule has 0 nitrogen and oxygen atoms in total. The molecule has 0 saturated heterocycles. The van der Waals surface area contributed by atoms with Crippen molar-refractivity contribution >= 4 is 0 Å². The van der Waals surface area contributed by atoms with Gasteiger partial charge in [-0.1, -0.05) is 30.2 Å². The molecule has 0 amide bonds. The van der Waals surface area contributed by atoms with Gasteiger partial charge in [0.1, 0.15) is 0 Å². The predicted molar refractivity (Wildman–Crippen MR) is 50.6 cm³/mol. The summed E-state index contributed by atoms with van der Waals surface area (Å²) in [6.45, 7) is 2.15. The van der Waals surface area contributed by atoms with E-state index in [0.717, 1.165) is 0 Å². The van der Waals surface area contributed by atoms with Crippen LogP contribution in [0.2, 0.25) is 0 Å². The zero-order chi connectivity index (χ0) is 7.94. The van der Waals surface area contributed by atoms with Crippen LogP contribution >= 0.6 is 0 Å². The van der Waals surface area contributed by atoms with E-state index in [1.807, 2.05) is 0 Å². The van der Waals surface area contributed by atoms with Gasteiger partial charge in [0.2, 0.25) is 0 Å². The Morgan fingerprint density at radius 3 is 2.91 bits per heavy atom. The normalized spacial score (nSPS) is 24.3.